The predicted molar refractivity (Wildman–Crippen MR) is 97.2 cm³/mol. The summed E-state index contributed by atoms with van der Waals surface area (Å²) in [6.07, 6.45) is -4.84. The molecule has 0 aromatic heterocycles. The molecule has 9 heteroatoms. The summed E-state index contributed by atoms with van der Waals surface area (Å²) >= 11 is 0. The number of hydrogen-bond donors (Lipinski definition) is 2. The third-order valence-electron chi connectivity index (χ3n) is 5.77. The molecule has 3 aliphatic heterocycles. The highest BCUT2D eigenvalue weighted by Gasteiger charge is 2.55. The van der Waals surface area contributed by atoms with Crippen molar-refractivity contribution >= 4 is 5.91 Å². The van der Waals surface area contributed by atoms with Crippen molar-refractivity contribution in [3.8, 4) is 0 Å². The van der Waals surface area contributed by atoms with Gasteiger partial charge < -0.3 is 10.6 Å². The lowest BCUT2D eigenvalue weighted by atomic mass is 9.62. The Hall–Kier alpha value is -2.71. The minimum atomic E-state index is -4.57. The van der Waals surface area contributed by atoms with Gasteiger partial charge in [-0.3, -0.25) is 4.79 Å². The fraction of sp³-hybridized carbons (Fsp3) is 0.450. The van der Waals surface area contributed by atoms with E-state index in [9.17, 15) is 22.4 Å². The molecular formula is C20H20F4N4O. The number of rotatable bonds is 2. The van der Waals surface area contributed by atoms with E-state index < -0.39 is 40.7 Å². The summed E-state index contributed by atoms with van der Waals surface area (Å²) in [4.78, 5) is 13.1. The number of benzene rings is 1. The topological polar surface area (TPSA) is 65.8 Å². The average molecular weight is 408 g/mol. The van der Waals surface area contributed by atoms with E-state index in [-0.39, 0.29) is 23.1 Å². The van der Waals surface area contributed by atoms with Gasteiger partial charge in [-0.1, -0.05) is 25.1 Å². The normalized spacial score (nSPS) is 28.1. The lowest BCUT2D eigenvalue weighted by molar-refractivity contribution is -0.137. The zero-order valence-electron chi connectivity index (χ0n) is 16.1. The Labute approximate surface area is 165 Å². The summed E-state index contributed by atoms with van der Waals surface area (Å²) in [5.41, 5.74) is -1.77. The van der Waals surface area contributed by atoms with Crippen molar-refractivity contribution in [1.29, 1.82) is 0 Å². The van der Waals surface area contributed by atoms with E-state index in [0.29, 0.717) is 12.1 Å². The van der Waals surface area contributed by atoms with Crippen LogP contribution in [0.25, 0.3) is 0 Å². The molecule has 3 aliphatic rings. The molecule has 4 rings (SSSR count). The summed E-state index contributed by atoms with van der Waals surface area (Å²) in [5.74, 6) is -1.31. The number of azo groups is 1. The van der Waals surface area contributed by atoms with Crippen molar-refractivity contribution in [1.82, 2.24) is 10.6 Å². The lowest BCUT2D eigenvalue weighted by Crippen LogP contribution is -2.58. The molecule has 0 aliphatic carbocycles. The first-order valence-electron chi connectivity index (χ1n) is 9.31. The van der Waals surface area contributed by atoms with E-state index >= 15 is 0 Å². The monoisotopic (exact) mass is 408 g/mol. The molecule has 0 spiro atoms. The highest BCUT2D eigenvalue weighted by molar-refractivity contribution is 6.00. The van der Waals surface area contributed by atoms with Gasteiger partial charge in [0, 0.05) is 23.2 Å². The second-order valence-electron chi connectivity index (χ2n) is 8.17. The molecule has 2 N–H and O–H groups in total. The summed E-state index contributed by atoms with van der Waals surface area (Å²) in [7, 11) is 0. The van der Waals surface area contributed by atoms with Crippen molar-refractivity contribution < 1.29 is 22.4 Å². The van der Waals surface area contributed by atoms with E-state index in [0.717, 1.165) is 12.1 Å². The quantitative estimate of drug-likeness (QED) is 0.560. The molecule has 0 saturated heterocycles. The standard InChI is InChI=1S/C20H20F4N4O/c1-4-19(10-6-5-7-11(8-10)20(22,23)24)13-12(9-18(2,3)26-17(13)29)25-16-14(19)15(21)27-28-16/h5-8,16,25H,4,9H2,1-3H3,(H,26,29)/t16?,19-/m1/s1. The van der Waals surface area contributed by atoms with E-state index in [1.807, 2.05) is 13.8 Å². The first-order chi connectivity index (χ1) is 13.5. The van der Waals surface area contributed by atoms with E-state index in [4.69, 9.17) is 0 Å². The molecule has 29 heavy (non-hydrogen) atoms. The first-order valence-corrected chi connectivity index (χ1v) is 9.31. The lowest BCUT2D eigenvalue weighted by Gasteiger charge is -2.48. The van der Waals surface area contributed by atoms with Crippen LogP contribution in [0.1, 0.15) is 44.7 Å². The van der Waals surface area contributed by atoms with Gasteiger partial charge in [-0.2, -0.15) is 22.7 Å². The number of fused-ring (bicyclic) bond motifs is 1. The van der Waals surface area contributed by atoms with Crippen molar-refractivity contribution in [3.63, 3.8) is 0 Å². The molecule has 3 heterocycles. The van der Waals surface area contributed by atoms with Crippen LogP contribution in [0, 0.1) is 0 Å². The minimum absolute atomic E-state index is 0.0768. The Morgan fingerprint density at radius 1 is 1.28 bits per heavy atom. The van der Waals surface area contributed by atoms with Crippen LogP contribution in [0.5, 0.6) is 0 Å². The van der Waals surface area contributed by atoms with Crippen LogP contribution in [0.3, 0.4) is 0 Å². The Morgan fingerprint density at radius 3 is 2.66 bits per heavy atom. The Kier molecular flexibility index (Phi) is 4.15. The van der Waals surface area contributed by atoms with Gasteiger partial charge in [-0.05, 0) is 31.9 Å². The third kappa shape index (κ3) is 2.86. The van der Waals surface area contributed by atoms with Crippen molar-refractivity contribution in [2.45, 2.75) is 56.9 Å². The highest BCUT2D eigenvalue weighted by atomic mass is 19.4. The zero-order chi connectivity index (χ0) is 21.2. The fourth-order valence-corrected chi connectivity index (χ4v) is 4.63. The van der Waals surface area contributed by atoms with Gasteiger partial charge in [-0.15, -0.1) is 5.11 Å². The molecule has 1 aromatic carbocycles. The maximum Gasteiger partial charge on any atom is 0.416 e. The van der Waals surface area contributed by atoms with Crippen molar-refractivity contribution in [2.24, 2.45) is 10.2 Å². The van der Waals surface area contributed by atoms with E-state index in [2.05, 4.69) is 20.9 Å². The van der Waals surface area contributed by atoms with Gasteiger partial charge in [0.05, 0.1) is 16.6 Å². The molecule has 0 bridgehead atoms. The van der Waals surface area contributed by atoms with E-state index in [1.165, 1.54) is 12.1 Å². The SMILES string of the molecule is CC[C@@]1(c2cccc(C(F)(F)F)c2)C2=C(CC(C)(C)NC2=O)NC2N=NC(F)=C21. The molecule has 1 aromatic rings. The molecule has 2 atom stereocenters. The Bertz CT molecular complexity index is 992. The molecule has 1 amide bonds. The molecule has 0 radical (unpaired) electrons. The van der Waals surface area contributed by atoms with E-state index in [1.54, 1.807) is 6.92 Å². The maximum atomic E-state index is 14.8. The van der Waals surface area contributed by atoms with Crippen LogP contribution in [-0.4, -0.2) is 17.6 Å². The Balaban J connectivity index is 2.03. The smallest absolute Gasteiger partial charge is 0.362 e. The molecular weight excluding hydrogens is 388 g/mol. The minimum Gasteiger partial charge on any atom is -0.362 e. The highest BCUT2D eigenvalue weighted by Crippen LogP contribution is 2.53. The van der Waals surface area contributed by atoms with Crippen molar-refractivity contribution in [2.75, 3.05) is 0 Å². The molecule has 5 nitrogen and oxygen atoms in total. The van der Waals surface area contributed by atoms with Gasteiger partial charge in [0.1, 0.15) is 0 Å². The molecule has 1 unspecified atom stereocenters. The molecule has 0 fully saturated rings. The number of nitrogens with zero attached hydrogens (tertiary/aromatic N) is 2. The maximum absolute atomic E-state index is 14.8. The average Bonchev–Trinajstić information content (AvgIpc) is 2.99. The number of hydrogen-bond acceptors (Lipinski definition) is 4. The first kappa shape index (κ1) is 19.6. The number of amides is 1. The fourth-order valence-electron chi connectivity index (χ4n) is 4.63. The van der Waals surface area contributed by atoms with Gasteiger partial charge >= 0.3 is 6.18 Å². The number of carbonyl (C=O) groups is 1. The zero-order valence-corrected chi connectivity index (χ0v) is 16.1. The van der Waals surface area contributed by atoms with Gasteiger partial charge in [0.15, 0.2) is 6.17 Å². The van der Waals surface area contributed by atoms with Crippen LogP contribution in [-0.2, 0) is 16.4 Å². The van der Waals surface area contributed by atoms with Gasteiger partial charge in [0.25, 0.3) is 5.91 Å². The molecule has 0 saturated carbocycles. The number of nitrogens with one attached hydrogen (secondary N) is 2. The summed E-state index contributed by atoms with van der Waals surface area (Å²) in [5, 5.41) is 13.4. The largest absolute Gasteiger partial charge is 0.416 e. The number of carbonyl (C=O) groups excluding carboxylic acids is 1. The number of halogens is 4. The predicted octanol–water partition coefficient (Wildman–Crippen LogP) is 4.48. The van der Waals surface area contributed by atoms with Crippen LogP contribution >= 0.6 is 0 Å². The second-order valence-corrected chi connectivity index (χ2v) is 8.17. The molecule has 154 valence electrons. The summed E-state index contributed by atoms with van der Waals surface area (Å²) < 4.78 is 55.0. The Morgan fingerprint density at radius 2 is 2.00 bits per heavy atom. The van der Waals surface area contributed by atoms with Crippen LogP contribution in [0.2, 0.25) is 0 Å². The van der Waals surface area contributed by atoms with Crippen LogP contribution < -0.4 is 10.6 Å². The van der Waals surface area contributed by atoms with Crippen LogP contribution in [0.15, 0.2) is 57.3 Å². The third-order valence-corrected chi connectivity index (χ3v) is 5.77. The second kappa shape index (κ2) is 6.14. The van der Waals surface area contributed by atoms with Crippen molar-refractivity contribution in [3.05, 3.63) is 58.2 Å². The summed E-state index contributed by atoms with van der Waals surface area (Å²) in [6, 6.07) is 4.72. The number of alkyl halides is 3. The van der Waals surface area contributed by atoms with Gasteiger partial charge in [-0.25, -0.2) is 0 Å². The van der Waals surface area contributed by atoms with Crippen LogP contribution in [0.4, 0.5) is 17.6 Å². The summed E-state index contributed by atoms with van der Waals surface area (Å²) in [6.45, 7) is 5.41. The van der Waals surface area contributed by atoms with Gasteiger partial charge in [0.2, 0.25) is 5.95 Å².